The number of hydrogen-bond acceptors (Lipinski definition) is 8. The number of carbonyl (C=O) groups excluding carboxylic acids is 1. The molecule has 1 fully saturated rings. The van der Waals surface area contributed by atoms with E-state index in [1.807, 2.05) is 18.2 Å². The zero-order chi connectivity index (χ0) is 24.8. The van der Waals surface area contributed by atoms with Crippen LogP contribution in [0.4, 0.5) is 17.2 Å². The van der Waals surface area contributed by atoms with Gasteiger partial charge in [0.2, 0.25) is 0 Å². The van der Waals surface area contributed by atoms with Crippen LogP contribution in [0.1, 0.15) is 36.0 Å². The molecule has 2 heterocycles. The van der Waals surface area contributed by atoms with E-state index in [9.17, 15) is 14.9 Å². The van der Waals surface area contributed by atoms with E-state index in [0.29, 0.717) is 11.4 Å². The van der Waals surface area contributed by atoms with Crippen molar-refractivity contribution in [3.8, 4) is 22.8 Å². The van der Waals surface area contributed by atoms with Crippen LogP contribution in [-0.4, -0.2) is 48.3 Å². The topological polar surface area (TPSA) is 120 Å². The third-order valence-corrected chi connectivity index (χ3v) is 5.94. The van der Waals surface area contributed by atoms with Crippen LogP contribution in [0.3, 0.4) is 0 Å². The number of nitro benzene ring substituents is 1. The molecule has 1 aromatic heterocycles. The van der Waals surface area contributed by atoms with Crippen LogP contribution in [0.2, 0.25) is 0 Å². The first-order valence-electron chi connectivity index (χ1n) is 11.4. The van der Waals surface area contributed by atoms with Gasteiger partial charge in [-0.1, -0.05) is 25.0 Å². The molecule has 0 radical (unpaired) electrons. The molecule has 182 valence electrons. The number of amides is 1. The molecular formula is C25H27N5O5. The third kappa shape index (κ3) is 5.48. The summed E-state index contributed by atoms with van der Waals surface area (Å²) < 4.78 is 10.3. The number of hydrogen-bond donors (Lipinski definition) is 1. The average molecular weight is 478 g/mol. The largest absolute Gasteiger partial charge is 0.493 e. The van der Waals surface area contributed by atoms with Crippen molar-refractivity contribution in [2.75, 3.05) is 37.5 Å². The van der Waals surface area contributed by atoms with Crippen molar-refractivity contribution in [3.63, 3.8) is 0 Å². The molecule has 1 aliphatic heterocycles. The van der Waals surface area contributed by atoms with E-state index < -0.39 is 10.8 Å². The Kier molecular flexibility index (Phi) is 7.39. The predicted octanol–water partition coefficient (Wildman–Crippen LogP) is 4.70. The third-order valence-electron chi connectivity index (χ3n) is 5.94. The molecule has 4 rings (SSSR count). The maximum Gasteiger partial charge on any atom is 0.286 e. The van der Waals surface area contributed by atoms with Gasteiger partial charge in [0.15, 0.2) is 17.3 Å². The molecule has 0 atom stereocenters. The number of nitro groups is 1. The molecule has 1 amide bonds. The van der Waals surface area contributed by atoms with Crippen molar-refractivity contribution in [2.24, 2.45) is 0 Å². The Morgan fingerprint density at radius 3 is 2.31 bits per heavy atom. The highest BCUT2D eigenvalue weighted by Gasteiger charge is 2.25. The normalized spacial score (nSPS) is 13.6. The second-order valence-electron chi connectivity index (χ2n) is 8.19. The van der Waals surface area contributed by atoms with E-state index in [2.05, 4.69) is 20.4 Å². The van der Waals surface area contributed by atoms with Crippen LogP contribution in [0, 0.1) is 10.1 Å². The van der Waals surface area contributed by atoms with E-state index in [1.54, 1.807) is 18.2 Å². The zero-order valence-electron chi connectivity index (χ0n) is 19.7. The molecule has 0 saturated carbocycles. The number of ether oxygens (including phenoxy) is 2. The number of nitrogens with one attached hydrogen (secondary N) is 1. The summed E-state index contributed by atoms with van der Waals surface area (Å²) in [5, 5.41) is 23.1. The van der Waals surface area contributed by atoms with Gasteiger partial charge in [-0.3, -0.25) is 14.9 Å². The van der Waals surface area contributed by atoms with Crippen molar-refractivity contribution < 1.29 is 19.2 Å². The molecule has 2 aromatic carbocycles. The van der Waals surface area contributed by atoms with Gasteiger partial charge in [0.25, 0.3) is 11.6 Å². The van der Waals surface area contributed by atoms with E-state index in [1.165, 1.54) is 39.2 Å². The monoisotopic (exact) mass is 477 g/mol. The van der Waals surface area contributed by atoms with Gasteiger partial charge in [-0.2, -0.15) is 0 Å². The van der Waals surface area contributed by atoms with Crippen molar-refractivity contribution in [1.82, 2.24) is 10.2 Å². The highest BCUT2D eigenvalue weighted by Crippen LogP contribution is 2.35. The number of aromatic nitrogens is 2. The maximum absolute atomic E-state index is 13.0. The number of anilines is 2. The highest BCUT2D eigenvalue weighted by molar-refractivity contribution is 6.07. The number of benzene rings is 2. The lowest BCUT2D eigenvalue weighted by atomic mass is 10.1. The second-order valence-corrected chi connectivity index (χ2v) is 8.19. The van der Waals surface area contributed by atoms with Gasteiger partial charge < -0.3 is 19.7 Å². The Balaban J connectivity index is 1.55. The summed E-state index contributed by atoms with van der Waals surface area (Å²) in [6, 6.07) is 13.4. The van der Waals surface area contributed by atoms with Crippen molar-refractivity contribution in [2.45, 2.75) is 25.7 Å². The molecule has 10 heteroatoms. The minimum absolute atomic E-state index is 0.139. The standard InChI is InChI=1S/C25H27N5O5/c1-34-22-15-19(21(30(32)33)16-23(22)35-2)25(31)26-18-9-7-8-17(14-18)20-10-11-24(28-27-20)29-12-5-3-4-6-13-29/h7-11,14-16H,3-6,12-13H2,1-2H3,(H,26,31). The summed E-state index contributed by atoms with van der Waals surface area (Å²) in [6.07, 6.45) is 4.80. The lowest BCUT2D eigenvalue weighted by Gasteiger charge is -2.20. The average Bonchev–Trinajstić information content (AvgIpc) is 3.17. The van der Waals surface area contributed by atoms with Gasteiger partial charge in [-0.25, -0.2) is 0 Å². The van der Waals surface area contributed by atoms with Crippen LogP contribution >= 0.6 is 0 Å². The van der Waals surface area contributed by atoms with Crippen LogP contribution in [0.25, 0.3) is 11.3 Å². The molecule has 0 unspecified atom stereocenters. The van der Waals surface area contributed by atoms with Gasteiger partial charge in [-0.05, 0) is 37.1 Å². The quantitative estimate of drug-likeness (QED) is 0.384. The minimum Gasteiger partial charge on any atom is -0.493 e. The van der Waals surface area contributed by atoms with E-state index in [0.717, 1.165) is 37.3 Å². The fraction of sp³-hybridized carbons (Fsp3) is 0.320. The summed E-state index contributed by atoms with van der Waals surface area (Å²) in [5.74, 6) is 0.606. The molecule has 0 spiro atoms. The fourth-order valence-corrected chi connectivity index (χ4v) is 4.10. The SMILES string of the molecule is COc1cc(C(=O)Nc2cccc(-c3ccc(N4CCCCCC4)nn3)c2)c([N+](=O)[O-])cc1OC. The molecule has 1 N–H and O–H groups in total. The van der Waals surface area contributed by atoms with Crippen LogP contribution in [-0.2, 0) is 0 Å². The summed E-state index contributed by atoms with van der Waals surface area (Å²) >= 11 is 0. The highest BCUT2D eigenvalue weighted by atomic mass is 16.6. The summed E-state index contributed by atoms with van der Waals surface area (Å²) in [7, 11) is 2.77. The van der Waals surface area contributed by atoms with Crippen molar-refractivity contribution in [1.29, 1.82) is 0 Å². The number of nitrogens with zero attached hydrogens (tertiary/aromatic N) is 4. The van der Waals surface area contributed by atoms with Crippen LogP contribution < -0.4 is 19.7 Å². The van der Waals surface area contributed by atoms with Crippen molar-refractivity contribution >= 4 is 23.1 Å². The molecule has 35 heavy (non-hydrogen) atoms. The summed E-state index contributed by atoms with van der Waals surface area (Å²) in [5.41, 5.74) is 1.37. The zero-order valence-corrected chi connectivity index (χ0v) is 19.7. The Hall–Kier alpha value is -4.21. The van der Waals surface area contributed by atoms with Crippen LogP contribution in [0.15, 0.2) is 48.5 Å². The Labute approximate surface area is 203 Å². The van der Waals surface area contributed by atoms with E-state index >= 15 is 0 Å². The fourth-order valence-electron chi connectivity index (χ4n) is 4.10. The van der Waals surface area contributed by atoms with Gasteiger partial charge >= 0.3 is 0 Å². The Morgan fingerprint density at radius 1 is 0.971 bits per heavy atom. The summed E-state index contributed by atoms with van der Waals surface area (Å²) in [6.45, 7) is 1.97. The first kappa shape index (κ1) is 23.9. The maximum atomic E-state index is 13.0. The molecule has 1 saturated heterocycles. The summed E-state index contributed by atoms with van der Waals surface area (Å²) in [4.78, 5) is 26.1. The second kappa shape index (κ2) is 10.8. The molecule has 10 nitrogen and oxygen atoms in total. The van der Waals surface area contributed by atoms with Crippen LogP contribution in [0.5, 0.6) is 11.5 Å². The van der Waals surface area contributed by atoms with Crippen molar-refractivity contribution in [3.05, 3.63) is 64.2 Å². The molecular weight excluding hydrogens is 450 g/mol. The lowest BCUT2D eigenvalue weighted by molar-refractivity contribution is -0.385. The van der Waals surface area contributed by atoms with Gasteiger partial charge in [0.05, 0.1) is 30.9 Å². The van der Waals surface area contributed by atoms with Gasteiger partial charge in [-0.15, -0.1) is 10.2 Å². The van der Waals surface area contributed by atoms with Gasteiger partial charge in [0, 0.05) is 30.4 Å². The van der Waals surface area contributed by atoms with E-state index in [4.69, 9.17) is 9.47 Å². The van der Waals surface area contributed by atoms with E-state index in [-0.39, 0.29) is 22.7 Å². The molecule has 1 aliphatic rings. The molecule has 0 bridgehead atoms. The molecule has 0 aliphatic carbocycles. The smallest absolute Gasteiger partial charge is 0.286 e. The molecule has 3 aromatic rings. The Bertz CT molecular complexity index is 1210. The first-order valence-corrected chi connectivity index (χ1v) is 11.4. The lowest BCUT2D eigenvalue weighted by Crippen LogP contribution is -2.25. The number of methoxy groups -OCH3 is 2. The number of carbonyl (C=O) groups is 1. The Morgan fingerprint density at radius 2 is 1.69 bits per heavy atom. The first-order chi connectivity index (χ1) is 17.0. The predicted molar refractivity (Wildman–Crippen MR) is 132 cm³/mol. The minimum atomic E-state index is -0.641. The number of rotatable bonds is 7. The van der Waals surface area contributed by atoms with Gasteiger partial charge in [0.1, 0.15) is 5.56 Å².